The number of morpholine rings is 1. The lowest BCUT2D eigenvalue weighted by Gasteiger charge is -2.36. The van der Waals surface area contributed by atoms with Crippen molar-refractivity contribution in [2.45, 2.75) is 19.8 Å². The Kier molecular flexibility index (Phi) is 6.74. The highest BCUT2D eigenvalue weighted by atomic mass is 16.5. The second kappa shape index (κ2) is 9.24. The minimum atomic E-state index is 0.0798. The number of nitrogens with zero attached hydrogens (tertiary/aromatic N) is 2. The predicted molar refractivity (Wildman–Crippen MR) is 100 cm³/mol. The first-order valence-electron chi connectivity index (χ1n) is 9.61. The Morgan fingerprint density at radius 2 is 1.88 bits per heavy atom. The van der Waals surface area contributed by atoms with Gasteiger partial charge >= 0.3 is 0 Å². The molecule has 1 amide bonds. The first-order valence-corrected chi connectivity index (χ1v) is 9.61. The summed E-state index contributed by atoms with van der Waals surface area (Å²) in [5, 5.41) is 0. The average molecular weight is 362 g/mol. The van der Waals surface area contributed by atoms with E-state index in [4.69, 9.17) is 14.2 Å². The molecule has 2 aliphatic rings. The van der Waals surface area contributed by atoms with Crippen molar-refractivity contribution in [3.8, 4) is 11.5 Å². The second-order valence-electron chi connectivity index (χ2n) is 6.95. The molecule has 0 radical (unpaired) electrons. The molecular formula is C20H30N2O4. The molecule has 26 heavy (non-hydrogen) atoms. The van der Waals surface area contributed by atoms with Gasteiger partial charge in [-0.25, -0.2) is 0 Å². The summed E-state index contributed by atoms with van der Waals surface area (Å²) in [7, 11) is 1.60. The molecule has 0 unspecified atom stereocenters. The maximum absolute atomic E-state index is 12.8. The quantitative estimate of drug-likeness (QED) is 0.777. The number of hydrogen-bond acceptors (Lipinski definition) is 5. The topological polar surface area (TPSA) is 51.2 Å². The lowest BCUT2D eigenvalue weighted by molar-refractivity contribution is 0.0243. The lowest BCUT2D eigenvalue weighted by Crippen LogP contribution is -2.44. The molecule has 1 aromatic carbocycles. The van der Waals surface area contributed by atoms with Crippen molar-refractivity contribution in [3.63, 3.8) is 0 Å². The van der Waals surface area contributed by atoms with Gasteiger partial charge in [-0.2, -0.15) is 0 Å². The summed E-state index contributed by atoms with van der Waals surface area (Å²) in [4.78, 5) is 17.3. The van der Waals surface area contributed by atoms with Crippen LogP contribution in [0, 0.1) is 5.92 Å². The van der Waals surface area contributed by atoms with E-state index in [1.54, 1.807) is 13.2 Å². The Labute approximate surface area is 156 Å². The van der Waals surface area contributed by atoms with Crippen molar-refractivity contribution in [3.05, 3.63) is 23.8 Å². The lowest BCUT2D eigenvalue weighted by atomic mass is 9.95. The van der Waals surface area contributed by atoms with Crippen LogP contribution < -0.4 is 9.47 Å². The summed E-state index contributed by atoms with van der Waals surface area (Å²) in [6.45, 7) is 9.03. The van der Waals surface area contributed by atoms with Crippen molar-refractivity contribution >= 4 is 5.91 Å². The molecule has 1 aromatic rings. The molecule has 0 aliphatic carbocycles. The number of carbonyl (C=O) groups is 1. The van der Waals surface area contributed by atoms with Crippen molar-refractivity contribution in [2.75, 3.05) is 59.7 Å². The molecule has 3 rings (SSSR count). The van der Waals surface area contributed by atoms with Crippen molar-refractivity contribution < 1.29 is 19.0 Å². The Bertz CT molecular complexity index is 593. The number of rotatable bonds is 6. The van der Waals surface area contributed by atoms with E-state index >= 15 is 0 Å². The fourth-order valence-electron chi connectivity index (χ4n) is 3.73. The van der Waals surface area contributed by atoms with Gasteiger partial charge in [-0.3, -0.25) is 9.69 Å². The second-order valence-corrected chi connectivity index (χ2v) is 6.95. The molecule has 6 nitrogen and oxygen atoms in total. The summed E-state index contributed by atoms with van der Waals surface area (Å²) >= 11 is 0. The van der Waals surface area contributed by atoms with Crippen LogP contribution in [0.2, 0.25) is 0 Å². The van der Waals surface area contributed by atoms with Gasteiger partial charge in [0.2, 0.25) is 0 Å². The number of piperidine rings is 1. The third-order valence-electron chi connectivity index (χ3n) is 5.23. The van der Waals surface area contributed by atoms with E-state index < -0.39 is 0 Å². The van der Waals surface area contributed by atoms with Crippen LogP contribution in [-0.4, -0.2) is 75.4 Å². The maximum Gasteiger partial charge on any atom is 0.253 e. The van der Waals surface area contributed by atoms with E-state index in [-0.39, 0.29) is 5.91 Å². The Hall–Kier alpha value is -1.79. The van der Waals surface area contributed by atoms with Crippen LogP contribution in [0.3, 0.4) is 0 Å². The van der Waals surface area contributed by atoms with Gasteiger partial charge in [0.05, 0.1) is 26.9 Å². The first-order chi connectivity index (χ1) is 12.7. The van der Waals surface area contributed by atoms with E-state index in [0.717, 1.165) is 58.8 Å². The van der Waals surface area contributed by atoms with Crippen molar-refractivity contribution in [2.24, 2.45) is 5.92 Å². The molecule has 2 heterocycles. The number of hydrogen-bond donors (Lipinski definition) is 0. The van der Waals surface area contributed by atoms with Gasteiger partial charge < -0.3 is 19.1 Å². The number of methoxy groups -OCH3 is 1. The molecule has 2 aliphatic heterocycles. The van der Waals surface area contributed by atoms with Gasteiger partial charge in [0.1, 0.15) is 0 Å². The van der Waals surface area contributed by atoms with E-state index in [9.17, 15) is 4.79 Å². The largest absolute Gasteiger partial charge is 0.493 e. The number of likely N-dealkylation sites (tertiary alicyclic amines) is 1. The van der Waals surface area contributed by atoms with E-state index in [1.807, 2.05) is 24.0 Å². The number of carbonyl (C=O) groups excluding carboxylic acids is 1. The van der Waals surface area contributed by atoms with Crippen LogP contribution >= 0.6 is 0 Å². The monoisotopic (exact) mass is 362 g/mol. The zero-order chi connectivity index (χ0) is 18.4. The smallest absolute Gasteiger partial charge is 0.253 e. The molecule has 0 aromatic heterocycles. The SMILES string of the molecule is CCOc1ccc(C(=O)N2CCC(CN3CCOCC3)CC2)cc1OC. The maximum atomic E-state index is 12.8. The van der Waals surface area contributed by atoms with Crippen molar-refractivity contribution in [1.82, 2.24) is 9.80 Å². The van der Waals surface area contributed by atoms with Crippen molar-refractivity contribution in [1.29, 1.82) is 0 Å². The zero-order valence-electron chi connectivity index (χ0n) is 15.9. The number of ether oxygens (including phenoxy) is 3. The predicted octanol–water partition coefficient (Wildman–Crippen LogP) is 2.28. The van der Waals surface area contributed by atoms with Gasteiger partial charge in [-0.15, -0.1) is 0 Å². The third-order valence-corrected chi connectivity index (χ3v) is 5.23. The Morgan fingerprint density at radius 3 is 2.54 bits per heavy atom. The summed E-state index contributed by atoms with van der Waals surface area (Å²) in [5.41, 5.74) is 0.664. The number of amides is 1. The molecule has 0 N–H and O–H groups in total. The molecule has 0 bridgehead atoms. The molecule has 144 valence electrons. The minimum absolute atomic E-state index is 0.0798. The molecule has 0 atom stereocenters. The molecule has 2 fully saturated rings. The van der Waals surface area contributed by atoms with E-state index in [1.165, 1.54) is 0 Å². The first kappa shape index (κ1) is 19.0. The minimum Gasteiger partial charge on any atom is -0.493 e. The van der Waals surface area contributed by atoms with E-state index in [2.05, 4.69) is 4.90 Å². The average Bonchev–Trinajstić information content (AvgIpc) is 2.69. The molecule has 0 saturated carbocycles. The molecule has 0 spiro atoms. The van der Waals surface area contributed by atoms with Crippen LogP contribution in [-0.2, 0) is 4.74 Å². The normalized spacial score (nSPS) is 19.4. The highest BCUT2D eigenvalue weighted by Crippen LogP contribution is 2.29. The highest BCUT2D eigenvalue weighted by molar-refractivity contribution is 5.95. The standard InChI is InChI=1S/C20H30N2O4/c1-3-26-18-5-4-17(14-19(18)24-2)20(23)22-8-6-16(7-9-22)15-21-10-12-25-13-11-21/h4-5,14,16H,3,6-13,15H2,1-2H3. The van der Waals surface area contributed by atoms with Crippen LogP contribution in [0.5, 0.6) is 11.5 Å². The fourth-order valence-corrected chi connectivity index (χ4v) is 3.73. The third kappa shape index (κ3) is 4.68. The Morgan fingerprint density at radius 1 is 1.15 bits per heavy atom. The molecule has 2 saturated heterocycles. The van der Waals surface area contributed by atoms with Gasteiger partial charge in [0.15, 0.2) is 11.5 Å². The van der Waals surface area contributed by atoms with E-state index in [0.29, 0.717) is 29.6 Å². The van der Waals surface area contributed by atoms with Crippen LogP contribution in [0.1, 0.15) is 30.1 Å². The summed E-state index contributed by atoms with van der Waals surface area (Å²) in [5.74, 6) is 2.04. The summed E-state index contributed by atoms with van der Waals surface area (Å²) < 4.78 is 16.3. The van der Waals surface area contributed by atoms with Gasteiger partial charge in [-0.05, 0) is 43.9 Å². The van der Waals surface area contributed by atoms with Gasteiger partial charge in [0, 0.05) is 38.3 Å². The van der Waals surface area contributed by atoms with Crippen LogP contribution in [0.4, 0.5) is 0 Å². The summed E-state index contributed by atoms with van der Waals surface area (Å²) in [6.07, 6.45) is 2.13. The number of benzene rings is 1. The molecular weight excluding hydrogens is 332 g/mol. The highest BCUT2D eigenvalue weighted by Gasteiger charge is 2.26. The van der Waals surface area contributed by atoms with Crippen LogP contribution in [0.15, 0.2) is 18.2 Å². The van der Waals surface area contributed by atoms with Gasteiger partial charge in [0.25, 0.3) is 5.91 Å². The van der Waals surface area contributed by atoms with Crippen LogP contribution in [0.25, 0.3) is 0 Å². The molecule has 6 heteroatoms. The zero-order valence-corrected chi connectivity index (χ0v) is 15.9. The van der Waals surface area contributed by atoms with Gasteiger partial charge in [-0.1, -0.05) is 0 Å². The fraction of sp³-hybridized carbons (Fsp3) is 0.650. The Balaban J connectivity index is 1.54. The summed E-state index contributed by atoms with van der Waals surface area (Å²) in [6, 6.07) is 5.43.